The highest BCUT2D eigenvalue weighted by Gasteiger charge is 2.38. The summed E-state index contributed by atoms with van der Waals surface area (Å²) in [5.74, 6) is 1.18. The van der Waals surface area contributed by atoms with E-state index in [-0.39, 0.29) is 36.6 Å². The van der Waals surface area contributed by atoms with Crippen LogP contribution in [0.2, 0.25) is 0 Å². The van der Waals surface area contributed by atoms with Gasteiger partial charge in [0.05, 0.1) is 0 Å². The van der Waals surface area contributed by atoms with Crippen LogP contribution in [0.5, 0.6) is 11.5 Å². The minimum absolute atomic E-state index is 0. The monoisotopic (exact) mass is 320 g/mol. The van der Waals surface area contributed by atoms with Crippen molar-refractivity contribution in [1.82, 2.24) is 10.2 Å². The molecule has 1 atom stereocenters. The Labute approximate surface area is 132 Å². The molecule has 1 aliphatic heterocycles. The van der Waals surface area contributed by atoms with Crippen LogP contribution in [0, 0.1) is 5.92 Å². The third kappa shape index (κ3) is 3.70. The van der Waals surface area contributed by atoms with Gasteiger partial charge in [0, 0.05) is 37.8 Å². The van der Waals surface area contributed by atoms with Crippen molar-refractivity contribution in [2.24, 2.45) is 5.92 Å². The first kappa shape index (κ1) is 17.4. The van der Waals surface area contributed by atoms with E-state index >= 15 is 0 Å². The average molecular weight is 321 g/mol. The van der Waals surface area contributed by atoms with Crippen LogP contribution in [-0.2, 0) is 0 Å². The summed E-state index contributed by atoms with van der Waals surface area (Å²) in [6, 6.07) is 5.13. The molecule has 2 aliphatic rings. The van der Waals surface area contributed by atoms with Crippen molar-refractivity contribution in [1.29, 1.82) is 0 Å². The first-order valence-electron chi connectivity index (χ1n) is 6.72. The minimum atomic E-state index is 0. The first-order valence-corrected chi connectivity index (χ1v) is 6.72. The molecule has 1 saturated carbocycles. The van der Waals surface area contributed by atoms with Gasteiger partial charge < -0.3 is 15.5 Å². The van der Waals surface area contributed by atoms with Crippen molar-refractivity contribution in [2.45, 2.75) is 18.9 Å². The average Bonchev–Trinajstić information content (AvgIpc) is 3.20. The van der Waals surface area contributed by atoms with E-state index in [1.807, 2.05) is 0 Å². The van der Waals surface area contributed by atoms with E-state index in [0.29, 0.717) is 11.7 Å². The van der Waals surface area contributed by atoms with Crippen molar-refractivity contribution in [3.05, 3.63) is 23.8 Å². The number of benzene rings is 1. The lowest BCUT2D eigenvalue weighted by Crippen LogP contribution is -2.45. The lowest BCUT2D eigenvalue weighted by atomic mass is 9.98. The summed E-state index contributed by atoms with van der Waals surface area (Å²) in [4.78, 5) is 2.43. The van der Waals surface area contributed by atoms with E-state index in [0.717, 1.165) is 31.7 Å². The third-order valence-electron chi connectivity index (χ3n) is 3.94. The molecule has 0 spiro atoms. The highest BCUT2D eigenvalue weighted by atomic mass is 35.5. The standard InChI is InChI=1S/C14H20N2O2.2ClH/c17-11-3-4-13(18)12(9-11)14(10-1-2-10)16-7-5-15-6-8-16;;/h3-4,9-10,14-15,17-18H,1-2,5-8H2;2*1H/t14-;;/m1../s1. The van der Waals surface area contributed by atoms with E-state index < -0.39 is 0 Å². The zero-order chi connectivity index (χ0) is 12.5. The number of nitrogens with zero attached hydrogens (tertiary/aromatic N) is 1. The van der Waals surface area contributed by atoms with Gasteiger partial charge in [0.15, 0.2) is 0 Å². The predicted octanol–water partition coefficient (Wildman–Crippen LogP) is 2.30. The van der Waals surface area contributed by atoms with Gasteiger partial charge in [-0.15, -0.1) is 24.8 Å². The second-order valence-corrected chi connectivity index (χ2v) is 5.31. The van der Waals surface area contributed by atoms with Crippen molar-refractivity contribution in [2.75, 3.05) is 26.2 Å². The number of hydrogen-bond donors (Lipinski definition) is 3. The third-order valence-corrected chi connectivity index (χ3v) is 3.94. The molecular weight excluding hydrogens is 299 g/mol. The number of piperazine rings is 1. The number of nitrogens with one attached hydrogen (secondary N) is 1. The largest absolute Gasteiger partial charge is 0.508 e. The Morgan fingerprint density at radius 2 is 1.75 bits per heavy atom. The molecular formula is C14H22Cl2N2O2. The maximum absolute atomic E-state index is 10.1. The van der Waals surface area contributed by atoms with Crippen molar-refractivity contribution in [3.8, 4) is 11.5 Å². The first-order chi connectivity index (χ1) is 8.75. The van der Waals surface area contributed by atoms with Gasteiger partial charge in [0.1, 0.15) is 11.5 Å². The van der Waals surface area contributed by atoms with Crippen LogP contribution in [0.4, 0.5) is 0 Å². The summed E-state index contributed by atoms with van der Waals surface area (Å²) in [5, 5.41) is 23.1. The fourth-order valence-corrected chi connectivity index (χ4v) is 2.90. The molecule has 114 valence electrons. The van der Waals surface area contributed by atoms with E-state index in [9.17, 15) is 10.2 Å². The Bertz CT molecular complexity index is 435. The van der Waals surface area contributed by atoms with Gasteiger partial charge in [-0.3, -0.25) is 4.90 Å². The van der Waals surface area contributed by atoms with E-state index in [2.05, 4.69) is 10.2 Å². The molecule has 1 heterocycles. The van der Waals surface area contributed by atoms with Gasteiger partial charge >= 0.3 is 0 Å². The molecule has 0 unspecified atom stereocenters. The van der Waals surface area contributed by atoms with Crippen LogP contribution in [0.3, 0.4) is 0 Å². The fraction of sp³-hybridized carbons (Fsp3) is 0.571. The van der Waals surface area contributed by atoms with Gasteiger partial charge in [0.2, 0.25) is 0 Å². The summed E-state index contributed by atoms with van der Waals surface area (Å²) < 4.78 is 0. The van der Waals surface area contributed by atoms with Crippen LogP contribution in [0.1, 0.15) is 24.4 Å². The maximum atomic E-state index is 10.1. The molecule has 4 nitrogen and oxygen atoms in total. The summed E-state index contributed by atoms with van der Waals surface area (Å²) in [5.41, 5.74) is 0.888. The van der Waals surface area contributed by atoms with Gasteiger partial charge in [-0.25, -0.2) is 0 Å². The molecule has 3 N–H and O–H groups in total. The van der Waals surface area contributed by atoms with Crippen LogP contribution in [0.15, 0.2) is 18.2 Å². The molecule has 0 amide bonds. The van der Waals surface area contributed by atoms with Crippen LogP contribution < -0.4 is 5.32 Å². The number of phenols is 2. The zero-order valence-electron chi connectivity index (χ0n) is 11.3. The number of rotatable bonds is 3. The van der Waals surface area contributed by atoms with E-state index in [1.54, 1.807) is 18.2 Å². The van der Waals surface area contributed by atoms with Crippen molar-refractivity contribution >= 4 is 24.8 Å². The molecule has 1 aromatic rings. The van der Waals surface area contributed by atoms with Crippen molar-refractivity contribution in [3.63, 3.8) is 0 Å². The maximum Gasteiger partial charge on any atom is 0.120 e. The Balaban J connectivity index is 0.000001000. The number of aromatic hydroxyl groups is 2. The molecule has 0 aromatic heterocycles. The zero-order valence-corrected chi connectivity index (χ0v) is 12.9. The Kier molecular flexibility index (Phi) is 6.40. The smallest absolute Gasteiger partial charge is 0.120 e. The Morgan fingerprint density at radius 1 is 1.10 bits per heavy atom. The molecule has 1 aromatic carbocycles. The van der Waals surface area contributed by atoms with Gasteiger partial charge in [-0.05, 0) is 37.0 Å². The molecule has 0 bridgehead atoms. The number of phenolic OH excluding ortho intramolecular Hbond substituents is 2. The summed E-state index contributed by atoms with van der Waals surface area (Å²) in [6.45, 7) is 4.03. The molecule has 3 rings (SSSR count). The summed E-state index contributed by atoms with van der Waals surface area (Å²) in [7, 11) is 0. The number of halogens is 2. The minimum Gasteiger partial charge on any atom is -0.508 e. The Hall–Kier alpha value is -0.680. The molecule has 2 fully saturated rings. The van der Waals surface area contributed by atoms with Gasteiger partial charge in [-0.2, -0.15) is 0 Å². The van der Waals surface area contributed by atoms with Crippen LogP contribution in [-0.4, -0.2) is 41.3 Å². The van der Waals surface area contributed by atoms with Gasteiger partial charge in [-0.1, -0.05) is 0 Å². The second kappa shape index (κ2) is 7.36. The summed E-state index contributed by atoms with van der Waals surface area (Å²) >= 11 is 0. The molecule has 1 aliphatic carbocycles. The SMILES string of the molecule is Cl.Cl.Oc1ccc(O)c([C@@H](C2CC2)N2CCNCC2)c1. The lowest BCUT2D eigenvalue weighted by Gasteiger charge is -2.35. The van der Waals surface area contributed by atoms with Crippen molar-refractivity contribution < 1.29 is 10.2 Å². The molecule has 1 saturated heterocycles. The van der Waals surface area contributed by atoms with Crippen LogP contribution >= 0.6 is 24.8 Å². The fourth-order valence-electron chi connectivity index (χ4n) is 2.90. The quantitative estimate of drug-likeness (QED) is 0.748. The number of hydrogen-bond acceptors (Lipinski definition) is 4. The predicted molar refractivity (Wildman–Crippen MR) is 84.2 cm³/mol. The van der Waals surface area contributed by atoms with E-state index in [4.69, 9.17) is 0 Å². The van der Waals surface area contributed by atoms with E-state index in [1.165, 1.54) is 12.8 Å². The topological polar surface area (TPSA) is 55.7 Å². The van der Waals surface area contributed by atoms with Gasteiger partial charge in [0.25, 0.3) is 0 Å². The molecule has 6 heteroatoms. The highest BCUT2D eigenvalue weighted by Crippen LogP contribution is 2.47. The molecule has 0 radical (unpaired) electrons. The molecule has 20 heavy (non-hydrogen) atoms. The normalized spacial score (nSPS) is 20.6. The lowest BCUT2D eigenvalue weighted by molar-refractivity contribution is 0.153. The summed E-state index contributed by atoms with van der Waals surface area (Å²) in [6.07, 6.45) is 2.45. The highest BCUT2D eigenvalue weighted by molar-refractivity contribution is 5.85. The van der Waals surface area contributed by atoms with Crippen LogP contribution in [0.25, 0.3) is 0 Å². The Morgan fingerprint density at radius 3 is 2.35 bits per heavy atom. The second-order valence-electron chi connectivity index (χ2n) is 5.31.